The van der Waals surface area contributed by atoms with E-state index in [2.05, 4.69) is 20.7 Å². The van der Waals surface area contributed by atoms with Crippen LogP contribution in [0.1, 0.15) is 5.56 Å². The molecule has 0 saturated heterocycles. The Bertz CT molecular complexity index is 654. The number of H-pyrrole nitrogens is 1. The number of ether oxygens (including phenoxy) is 1. The van der Waals surface area contributed by atoms with Crippen molar-refractivity contribution in [3.8, 4) is 5.75 Å². The number of hydrazone groups is 1. The summed E-state index contributed by atoms with van der Waals surface area (Å²) in [7, 11) is 1.58. The Morgan fingerprint density at radius 3 is 3.05 bits per heavy atom. The van der Waals surface area contributed by atoms with Crippen molar-refractivity contribution in [3.63, 3.8) is 0 Å². The highest BCUT2D eigenvalue weighted by molar-refractivity contribution is 6.32. The molecule has 0 bridgehead atoms. The lowest BCUT2D eigenvalue weighted by Gasteiger charge is -2.03. The van der Waals surface area contributed by atoms with Gasteiger partial charge in [-0.3, -0.25) is 10.2 Å². The first-order valence-electron chi connectivity index (χ1n) is 5.37. The van der Waals surface area contributed by atoms with Crippen LogP contribution in [-0.2, 0) is 0 Å². The Morgan fingerprint density at radius 2 is 2.26 bits per heavy atom. The molecule has 1 heterocycles. The van der Waals surface area contributed by atoms with Crippen LogP contribution in [0.15, 0.2) is 40.4 Å². The molecule has 0 radical (unpaired) electrons. The summed E-state index contributed by atoms with van der Waals surface area (Å²) in [5.41, 5.74) is 3.31. The molecule has 1 aromatic heterocycles. The minimum Gasteiger partial charge on any atom is -0.496 e. The van der Waals surface area contributed by atoms with Gasteiger partial charge in [0.1, 0.15) is 16.5 Å². The van der Waals surface area contributed by atoms with E-state index in [4.69, 9.17) is 16.3 Å². The van der Waals surface area contributed by atoms with E-state index in [9.17, 15) is 4.79 Å². The van der Waals surface area contributed by atoms with Gasteiger partial charge >= 0.3 is 0 Å². The van der Waals surface area contributed by atoms with Gasteiger partial charge in [-0.1, -0.05) is 23.7 Å². The molecule has 6 nitrogen and oxygen atoms in total. The number of anilines is 1. The molecule has 19 heavy (non-hydrogen) atoms. The van der Waals surface area contributed by atoms with E-state index in [-0.39, 0.29) is 5.02 Å². The molecule has 2 aromatic rings. The zero-order chi connectivity index (χ0) is 13.7. The van der Waals surface area contributed by atoms with Crippen molar-refractivity contribution in [2.45, 2.75) is 0 Å². The van der Waals surface area contributed by atoms with Crippen molar-refractivity contribution in [2.24, 2.45) is 5.10 Å². The number of methoxy groups -OCH3 is 1. The third-order valence-corrected chi connectivity index (χ3v) is 2.70. The molecule has 0 atom stereocenters. The van der Waals surface area contributed by atoms with Gasteiger partial charge in [0.05, 0.1) is 19.5 Å². The highest BCUT2D eigenvalue weighted by atomic mass is 35.5. The first kappa shape index (κ1) is 13.1. The van der Waals surface area contributed by atoms with Crippen LogP contribution in [0.4, 0.5) is 5.69 Å². The molecule has 0 saturated carbocycles. The zero-order valence-electron chi connectivity index (χ0n) is 10.1. The van der Waals surface area contributed by atoms with Gasteiger partial charge in [-0.15, -0.1) is 0 Å². The van der Waals surface area contributed by atoms with E-state index in [0.717, 1.165) is 5.56 Å². The number of hydrogen-bond acceptors (Lipinski definition) is 5. The Hall–Kier alpha value is -2.34. The lowest BCUT2D eigenvalue weighted by molar-refractivity contribution is 0.414. The summed E-state index contributed by atoms with van der Waals surface area (Å²) < 4.78 is 5.18. The molecule has 0 spiro atoms. The minimum atomic E-state index is -0.473. The third-order valence-electron chi connectivity index (χ3n) is 2.32. The Labute approximate surface area is 114 Å². The summed E-state index contributed by atoms with van der Waals surface area (Å²) >= 11 is 5.79. The number of hydrogen-bond donors (Lipinski definition) is 2. The van der Waals surface area contributed by atoms with Crippen LogP contribution >= 0.6 is 11.6 Å². The molecule has 0 unspecified atom stereocenters. The molecule has 0 aliphatic rings. The van der Waals surface area contributed by atoms with E-state index in [1.54, 1.807) is 13.3 Å². The molecule has 7 heteroatoms. The first-order chi connectivity index (χ1) is 9.22. The van der Waals surface area contributed by atoms with E-state index in [1.165, 1.54) is 6.20 Å². The van der Waals surface area contributed by atoms with Crippen LogP contribution in [-0.4, -0.2) is 23.5 Å². The minimum absolute atomic E-state index is 0.00665. The summed E-state index contributed by atoms with van der Waals surface area (Å²) in [6.07, 6.45) is 2.94. The number of aromatic nitrogens is 2. The largest absolute Gasteiger partial charge is 0.496 e. The normalized spacial score (nSPS) is 10.6. The van der Waals surface area contributed by atoms with Crippen molar-refractivity contribution >= 4 is 23.5 Å². The number of nitrogens with one attached hydrogen (secondary N) is 2. The summed E-state index contributed by atoms with van der Waals surface area (Å²) in [5.74, 6) is 0.697. The molecule has 0 fully saturated rings. The molecular weight excluding hydrogens is 268 g/mol. The molecule has 2 N–H and O–H groups in total. The van der Waals surface area contributed by atoms with Gasteiger partial charge in [-0.05, 0) is 12.1 Å². The Morgan fingerprint density at radius 1 is 1.47 bits per heavy atom. The lowest BCUT2D eigenvalue weighted by atomic mass is 10.2. The Balaban J connectivity index is 2.16. The number of benzene rings is 1. The second-order valence-corrected chi connectivity index (χ2v) is 3.92. The molecule has 2 rings (SSSR count). The highest BCUT2D eigenvalue weighted by Gasteiger charge is 2.03. The fourth-order valence-electron chi connectivity index (χ4n) is 1.41. The molecular formula is C12H11ClN4O2. The second kappa shape index (κ2) is 6.01. The number of aromatic amines is 1. The fraction of sp³-hybridized carbons (Fsp3) is 0.0833. The van der Waals surface area contributed by atoms with E-state index < -0.39 is 5.56 Å². The van der Waals surface area contributed by atoms with Gasteiger partial charge < -0.3 is 4.74 Å². The monoisotopic (exact) mass is 278 g/mol. The number of nitrogens with zero attached hydrogens (tertiary/aromatic N) is 2. The van der Waals surface area contributed by atoms with Crippen LogP contribution in [0.25, 0.3) is 0 Å². The van der Waals surface area contributed by atoms with Crippen molar-refractivity contribution in [1.29, 1.82) is 0 Å². The van der Waals surface area contributed by atoms with Crippen molar-refractivity contribution in [2.75, 3.05) is 12.5 Å². The zero-order valence-corrected chi connectivity index (χ0v) is 10.8. The average molecular weight is 279 g/mol. The topological polar surface area (TPSA) is 79.4 Å². The predicted molar refractivity (Wildman–Crippen MR) is 74.1 cm³/mol. The maximum atomic E-state index is 11.2. The summed E-state index contributed by atoms with van der Waals surface area (Å²) in [6, 6.07) is 7.40. The predicted octanol–water partition coefficient (Wildman–Crippen LogP) is 1.88. The number of para-hydroxylation sites is 1. The smallest absolute Gasteiger partial charge is 0.285 e. The van der Waals surface area contributed by atoms with E-state index in [1.807, 2.05) is 24.3 Å². The average Bonchev–Trinajstić information content (AvgIpc) is 2.44. The van der Waals surface area contributed by atoms with Crippen LogP contribution in [0.5, 0.6) is 5.75 Å². The molecule has 0 amide bonds. The SMILES string of the molecule is COc1ccccc1C=NNc1cn[nH]c(=O)c1Cl. The van der Waals surface area contributed by atoms with Gasteiger partial charge in [0.25, 0.3) is 5.56 Å². The number of rotatable bonds is 4. The summed E-state index contributed by atoms with van der Waals surface area (Å²) in [6.45, 7) is 0. The molecule has 0 aliphatic carbocycles. The van der Waals surface area contributed by atoms with Crippen LogP contribution in [0.2, 0.25) is 5.02 Å². The van der Waals surface area contributed by atoms with Crippen LogP contribution in [0.3, 0.4) is 0 Å². The van der Waals surface area contributed by atoms with E-state index >= 15 is 0 Å². The van der Waals surface area contributed by atoms with Gasteiger partial charge in [0.2, 0.25) is 0 Å². The summed E-state index contributed by atoms with van der Waals surface area (Å²) in [5, 5.41) is 9.84. The maximum absolute atomic E-state index is 11.2. The number of halogens is 1. The van der Waals surface area contributed by atoms with Crippen molar-refractivity contribution in [1.82, 2.24) is 10.2 Å². The van der Waals surface area contributed by atoms with Gasteiger partial charge in [0.15, 0.2) is 0 Å². The fourth-order valence-corrected chi connectivity index (χ4v) is 1.54. The molecule has 1 aromatic carbocycles. The third kappa shape index (κ3) is 3.11. The second-order valence-electron chi connectivity index (χ2n) is 3.54. The van der Waals surface area contributed by atoms with Gasteiger partial charge in [-0.2, -0.15) is 10.2 Å². The first-order valence-corrected chi connectivity index (χ1v) is 5.75. The highest BCUT2D eigenvalue weighted by Crippen LogP contribution is 2.16. The van der Waals surface area contributed by atoms with Crippen LogP contribution < -0.4 is 15.7 Å². The maximum Gasteiger partial charge on any atom is 0.285 e. The van der Waals surface area contributed by atoms with Gasteiger partial charge in [0, 0.05) is 5.56 Å². The van der Waals surface area contributed by atoms with Gasteiger partial charge in [-0.25, -0.2) is 5.10 Å². The Kier molecular flexibility index (Phi) is 4.15. The standard InChI is InChI=1S/C12H11ClN4O2/c1-19-10-5-3-2-4-8(10)6-14-16-9-7-15-17-12(18)11(9)13/h2-7H,1H3,(H2,16,17,18). The summed E-state index contributed by atoms with van der Waals surface area (Å²) in [4.78, 5) is 11.2. The van der Waals surface area contributed by atoms with Crippen LogP contribution in [0, 0.1) is 0 Å². The quantitative estimate of drug-likeness (QED) is 0.661. The van der Waals surface area contributed by atoms with Crippen molar-refractivity contribution in [3.05, 3.63) is 51.4 Å². The molecule has 98 valence electrons. The van der Waals surface area contributed by atoms with Crippen molar-refractivity contribution < 1.29 is 4.74 Å². The lowest BCUT2D eigenvalue weighted by Crippen LogP contribution is -2.10. The molecule has 0 aliphatic heterocycles. The van der Waals surface area contributed by atoms with E-state index in [0.29, 0.717) is 11.4 Å².